The number of nitrogens with one attached hydrogen (secondary N) is 2. The van der Waals surface area contributed by atoms with Crippen LogP contribution in [-0.2, 0) is 9.53 Å². The van der Waals surface area contributed by atoms with Crippen LogP contribution in [0, 0.1) is 0 Å². The Kier molecular flexibility index (Phi) is 6.36. The lowest BCUT2D eigenvalue weighted by atomic mass is 10.1. The number of amides is 1. The number of hydrogen-bond acceptors (Lipinski definition) is 3. The number of ether oxygens (including phenoxy) is 1. The molecule has 1 amide bonds. The van der Waals surface area contributed by atoms with Gasteiger partial charge in [-0.1, -0.05) is 0 Å². The lowest BCUT2D eigenvalue weighted by molar-refractivity contribution is -0.118. The molecule has 4 nitrogen and oxygen atoms in total. The van der Waals surface area contributed by atoms with Crippen molar-refractivity contribution in [3.05, 3.63) is 0 Å². The molecule has 2 N–H and O–H groups in total. The molecule has 0 aromatic heterocycles. The highest BCUT2D eigenvalue weighted by Gasteiger charge is 2.13. The van der Waals surface area contributed by atoms with Gasteiger partial charge >= 0.3 is 0 Å². The van der Waals surface area contributed by atoms with Crippen molar-refractivity contribution in [2.45, 2.75) is 38.7 Å². The van der Waals surface area contributed by atoms with Crippen molar-refractivity contribution in [3.63, 3.8) is 0 Å². The highest BCUT2D eigenvalue weighted by molar-refractivity contribution is 5.72. The van der Waals surface area contributed by atoms with Gasteiger partial charge in [0.05, 0.1) is 6.10 Å². The third-order valence-electron chi connectivity index (χ3n) is 2.58. The number of rotatable bonds is 7. The van der Waals surface area contributed by atoms with Gasteiger partial charge in [-0.15, -0.1) is 0 Å². The van der Waals surface area contributed by atoms with Gasteiger partial charge in [-0.3, -0.25) is 4.79 Å². The van der Waals surface area contributed by atoms with Crippen LogP contribution in [0.1, 0.15) is 32.6 Å². The van der Waals surface area contributed by atoms with Gasteiger partial charge in [0.1, 0.15) is 0 Å². The molecule has 1 aliphatic rings. The summed E-state index contributed by atoms with van der Waals surface area (Å²) in [6.45, 7) is 5.07. The van der Waals surface area contributed by atoms with Crippen molar-refractivity contribution in [3.8, 4) is 0 Å². The smallest absolute Gasteiger partial charge is 0.216 e. The van der Waals surface area contributed by atoms with Crippen molar-refractivity contribution in [2.75, 3.05) is 26.2 Å². The molecule has 1 saturated heterocycles. The summed E-state index contributed by atoms with van der Waals surface area (Å²) in [5.41, 5.74) is 0. The van der Waals surface area contributed by atoms with Crippen LogP contribution in [0.2, 0.25) is 0 Å². The second-order valence-electron chi connectivity index (χ2n) is 4.01. The van der Waals surface area contributed by atoms with Crippen molar-refractivity contribution < 1.29 is 9.53 Å². The van der Waals surface area contributed by atoms with Gasteiger partial charge in [-0.2, -0.15) is 0 Å². The van der Waals surface area contributed by atoms with E-state index < -0.39 is 0 Å². The SMILES string of the molecule is CC(=O)NCCNCCCC1CCCO1. The van der Waals surface area contributed by atoms with E-state index in [4.69, 9.17) is 4.74 Å². The lowest BCUT2D eigenvalue weighted by Gasteiger charge is -2.09. The Bertz CT molecular complexity index is 179. The van der Waals surface area contributed by atoms with Crippen molar-refractivity contribution in [1.29, 1.82) is 0 Å². The van der Waals surface area contributed by atoms with Crippen molar-refractivity contribution in [1.82, 2.24) is 10.6 Å². The maximum atomic E-state index is 10.6. The summed E-state index contributed by atoms with van der Waals surface area (Å²) in [5.74, 6) is 0.0381. The quantitative estimate of drug-likeness (QED) is 0.612. The molecule has 1 unspecified atom stereocenters. The highest BCUT2D eigenvalue weighted by atomic mass is 16.5. The summed E-state index contributed by atoms with van der Waals surface area (Å²) >= 11 is 0. The Labute approximate surface area is 91.8 Å². The maximum absolute atomic E-state index is 10.6. The van der Waals surface area contributed by atoms with Crippen LogP contribution < -0.4 is 10.6 Å². The minimum Gasteiger partial charge on any atom is -0.378 e. The van der Waals surface area contributed by atoms with Gasteiger partial charge < -0.3 is 15.4 Å². The van der Waals surface area contributed by atoms with Crippen LogP contribution >= 0.6 is 0 Å². The first-order chi connectivity index (χ1) is 7.29. The first-order valence-corrected chi connectivity index (χ1v) is 5.86. The van der Waals surface area contributed by atoms with Gasteiger partial charge in [-0.05, 0) is 32.2 Å². The first-order valence-electron chi connectivity index (χ1n) is 5.86. The van der Waals surface area contributed by atoms with E-state index in [0.29, 0.717) is 6.10 Å². The number of hydrogen-bond donors (Lipinski definition) is 2. The second-order valence-corrected chi connectivity index (χ2v) is 4.01. The van der Waals surface area contributed by atoms with E-state index in [2.05, 4.69) is 10.6 Å². The predicted molar refractivity (Wildman–Crippen MR) is 59.8 cm³/mol. The summed E-state index contributed by atoms with van der Waals surface area (Å²) < 4.78 is 5.53. The van der Waals surface area contributed by atoms with Crippen LogP contribution in [0.15, 0.2) is 0 Å². The summed E-state index contributed by atoms with van der Waals surface area (Å²) in [5, 5.41) is 6.05. The summed E-state index contributed by atoms with van der Waals surface area (Å²) in [6, 6.07) is 0. The van der Waals surface area contributed by atoms with Crippen LogP contribution in [0.25, 0.3) is 0 Å². The number of carbonyl (C=O) groups is 1. The molecule has 4 heteroatoms. The van der Waals surface area contributed by atoms with Gasteiger partial charge in [0, 0.05) is 26.6 Å². The van der Waals surface area contributed by atoms with E-state index in [9.17, 15) is 4.79 Å². The molecular formula is C11H22N2O2. The topological polar surface area (TPSA) is 50.4 Å². The zero-order chi connectivity index (χ0) is 10.9. The zero-order valence-corrected chi connectivity index (χ0v) is 9.55. The van der Waals surface area contributed by atoms with E-state index in [1.807, 2.05) is 0 Å². The minimum atomic E-state index is 0.0381. The minimum absolute atomic E-state index is 0.0381. The molecule has 0 spiro atoms. The summed E-state index contributed by atoms with van der Waals surface area (Å²) in [7, 11) is 0. The van der Waals surface area contributed by atoms with Crippen molar-refractivity contribution >= 4 is 5.91 Å². The molecule has 1 rings (SSSR count). The Morgan fingerprint density at radius 2 is 2.27 bits per heavy atom. The highest BCUT2D eigenvalue weighted by Crippen LogP contribution is 2.16. The molecule has 1 aliphatic heterocycles. The molecule has 0 aliphatic carbocycles. The van der Waals surface area contributed by atoms with Gasteiger partial charge in [0.15, 0.2) is 0 Å². The summed E-state index contributed by atoms with van der Waals surface area (Å²) in [6.07, 6.45) is 5.27. The summed E-state index contributed by atoms with van der Waals surface area (Å²) in [4.78, 5) is 10.6. The Balaban J connectivity index is 1.78. The van der Waals surface area contributed by atoms with E-state index in [1.54, 1.807) is 0 Å². The van der Waals surface area contributed by atoms with E-state index >= 15 is 0 Å². The Hall–Kier alpha value is -0.610. The van der Waals surface area contributed by atoms with Gasteiger partial charge in [0.2, 0.25) is 5.91 Å². The molecule has 0 aromatic rings. The average molecular weight is 214 g/mol. The molecular weight excluding hydrogens is 192 g/mol. The molecule has 1 fully saturated rings. The number of carbonyl (C=O) groups excluding carboxylic acids is 1. The van der Waals surface area contributed by atoms with Gasteiger partial charge in [-0.25, -0.2) is 0 Å². The lowest BCUT2D eigenvalue weighted by Crippen LogP contribution is -2.30. The third-order valence-corrected chi connectivity index (χ3v) is 2.58. The first kappa shape index (κ1) is 12.5. The van der Waals surface area contributed by atoms with Crippen LogP contribution in [0.5, 0.6) is 0 Å². The maximum Gasteiger partial charge on any atom is 0.216 e. The fourth-order valence-electron chi connectivity index (χ4n) is 1.78. The van der Waals surface area contributed by atoms with E-state index in [-0.39, 0.29) is 5.91 Å². The fourth-order valence-corrected chi connectivity index (χ4v) is 1.78. The van der Waals surface area contributed by atoms with Crippen LogP contribution in [0.3, 0.4) is 0 Å². The zero-order valence-electron chi connectivity index (χ0n) is 9.55. The van der Waals surface area contributed by atoms with Gasteiger partial charge in [0.25, 0.3) is 0 Å². The van der Waals surface area contributed by atoms with E-state index in [0.717, 1.165) is 39.1 Å². The Morgan fingerprint density at radius 3 is 2.93 bits per heavy atom. The second kappa shape index (κ2) is 7.65. The molecule has 15 heavy (non-hydrogen) atoms. The molecule has 0 aromatic carbocycles. The standard InChI is InChI=1S/C11H22N2O2/c1-10(14)13-8-7-12-6-2-4-11-5-3-9-15-11/h11-12H,2-9H2,1H3,(H,13,14). The van der Waals surface area contributed by atoms with Crippen LogP contribution in [-0.4, -0.2) is 38.3 Å². The van der Waals surface area contributed by atoms with E-state index in [1.165, 1.54) is 19.8 Å². The molecule has 1 heterocycles. The molecule has 88 valence electrons. The van der Waals surface area contributed by atoms with Crippen molar-refractivity contribution in [2.24, 2.45) is 0 Å². The van der Waals surface area contributed by atoms with Crippen LogP contribution in [0.4, 0.5) is 0 Å². The molecule has 0 radical (unpaired) electrons. The molecule has 0 saturated carbocycles. The predicted octanol–water partition coefficient (Wildman–Crippen LogP) is 0.671. The average Bonchev–Trinajstić information content (AvgIpc) is 2.68. The fraction of sp³-hybridized carbons (Fsp3) is 0.909. The monoisotopic (exact) mass is 214 g/mol. The third kappa shape index (κ3) is 6.47. The molecule has 1 atom stereocenters. The normalized spacial score (nSPS) is 20.5. The Morgan fingerprint density at radius 1 is 1.40 bits per heavy atom. The largest absolute Gasteiger partial charge is 0.378 e. The molecule has 0 bridgehead atoms.